The van der Waals surface area contributed by atoms with E-state index < -0.39 is 0 Å². The number of hydrogen-bond acceptors (Lipinski definition) is 3. The number of rotatable bonds is 8. The minimum absolute atomic E-state index is 0. The van der Waals surface area contributed by atoms with Crippen molar-refractivity contribution in [2.75, 3.05) is 6.54 Å². The lowest BCUT2D eigenvalue weighted by Gasteiger charge is -2.32. The van der Waals surface area contributed by atoms with Crippen LogP contribution < -0.4 is 16.4 Å². The lowest BCUT2D eigenvalue weighted by molar-refractivity contribution is -0.126. The zero-order valence-electron chi connectivity index (χ0n) is 14.1. The Hall–Kier alpha value is -0.810. The molecule has 1 unspecified atom stereocenters. The zero-order chi connectivity index (χ0) is 15.9. The van der Waals surface area contributed by atoms with Gasteiger partial charge in [-0.05, 0) is 32.6 Å². The lowest BCUT2D eigenvalue weighted by atomic mass is 9.92. The fraction of sp³-hybridized carbons (Fsp3) is 0.875. The molecule has 0 spiro atoms. The molecule has 1 fully saturated rings. The molecule has 1 saturated carbocycles. The third kappa shape index (κ3) is 6.13. The van der Waals surface area contributed by atoms with Gasteiger partial charge in [0.2, 0.25) is 11.8 Å². The summed E-state index contributed by atoms with van der Waals surface area (Å²) in [6.07, 6.45) is 6.17. The first-order valence-electron chi connectivity index (χ1n) is 8.27. The van der Waals surface area contributed by atoms with E-state index in [1.807, 2.05) is 20.8 Å². The molecule has 0 aromatic rings. The summed E-state index contributed by atoms with van der Waals surface area (Å²) in [4.78, 5) is 24.2. The summed E-state index contributed by atoms with van der Waals surface area (Å²) in [5.41, 5.74) is 5.47. The highest BCUT2D eigenvalue weighted by Gasteiger charge is 2.28. The molecule has 2 amide bonds. The van der Waals surface area contributed by atoms with Gasteiger partial charge < -0.3 is 16.4 Å². The van der Waals surface area contributed by atoms with Gasteiger partial charge in [0.15, 0.2) is 0 Å². The van der Waals surface area contributed by atoms with Crippen LogP contribution in [0.25, 0.3) is 0 Å². The van der Waals surface area contributed by atoms with Crippen molar-refractivity contribution in [3.63, 3.8) is 0 Å². The van der Waals surface area contributed by atoms with Gasteiger partial charge in [-0.25, -0.2) is 0 Å². The highest BCUT2D eigenvalue weighted by molar-refractivity contribution is 5.85. The van der Waals surface area contributed by atoms with Gasteiger partial charge >= 0.3 is 0 Å². The van der Waals surface area contributed by atoms with E-state index in [2.05, 4.69) is 10.6 Å². The molecule has 4 N–H and O–H groups in total. The molecule has 5 nitrogen and oxygen atoms in total. The van der Waals surface area contributed by atoms with Crippen molar-refractivity contribution in [3.05, 3.63) is 0 Å². The van der Waals surface area contributed by atoms with Crippen LogP contribution in [0.15, 0.2) is 0 Å². The molecule has 1 atom stereocenters. The molecule has 1 aliphatic carbocycles. The molecule has 22 heavy (non-hydrogen) atoms. The second-order valence-corrected chi connectivity index (χ2v) is 6.33. The summed E-state index contributed by atoms with van der Waals surface area (Å²) in [5, 5.41) is 6.00. The number of amides is 2. The van der Waals surface area contributed by atoms with Crippen molar-refractivity contribution in [1.29, 1.82) is 0 Å². The van der Waals surface area contributed by atoms with Crippen LogP contribution in [0.5, 0.6) is 0 Å². The molecule has 130 valence electrons. The quantitative estimate of drug-likeness (QED) is 0.636. The van der Waals surface area contributed by atoms with E-state index in [1.54, 1.807) is 0 Å². The Morgan fingerprint density at radius 2 is 1.77 bits per heavy atom. The van der Waals surface area contributed by atoms with E-state index in [4.69, 9.17) is 5.73 Å². The van der Waals surface area contributed by atoms with Crippen LogP contribution in [0.2, 0.25) is 0 Å². The van der Waals surface area contributed by atoms with Crippen molar-refractivity contribution in [3.8, 4) is 0 Å². The highest BCUT2D eigenvalue weighted by Crippen LogP contribution is 2.24. The molecular weight excluding hydrogens is 302 g/mol. The van der Waals surface area contributed by atoms with Crippen LogP contribution in [0.4, 0.5) is 0 Å². The first kappa shape index (κ1) is 21.2. The molecule has 0 radical (unpaired) electrons. The topological polar surface area (TPSA) is 84.2 Å². The number of carbonyl (C=O) groups excluding carboxylic acids is 2. The van der Waals surface area contributed by atoms with E-state index in [-0.39, 0.29) is 41.7 Å². The number of nitrogens with two attached hydrogens (primary N) is 1. The van der Waals surface area contributed by atoms with Crippen molar-refractivity contribution in [1.82, 2.24) is 10.6 Å². The Kier molecular flexibility index (Phi) is 9.69. The minimum atomic E-state index is -0.313. The van der Waals surface area contributed by atoms with Crippen molar-refractivity contribution in [2.45, 2.75) is 77.3 Å². The summed E-state index contributed by atoms with van der Waals surface area (Å²) in [7, 11) is 0. The van der Waals surface area contributed by atoms with Crippen molar-refractivity contribution >= 4 is 24.2 Å². The maximum atomic E-state index is 12.1. The number of carbonyl (C=O) groups is 2. The Labute approximate surface area is 140 Å². The first-order chi connectivity index (χ1) is 9.96. The lowest BCUT2D eigenvalue weighted by Crippen LogP contribution is -2.54. The summed E-state index contributed by atoms with van der Waals surface area (Å²) in [6, 6.07) is -0.137. The van der Waals surface area contributed by atoms with Crippen molar-refractivity contribution < 1.29 is 9.59 Å². The second-order valence-electron chi connectivity index (χ2n) is 6.33. The number of halogens is 1. The number of nitrogens with one attached hydrogen (secondary N) is 2. The Balaban J connectivity index is 0.00000441. The van der Waals surface area contributed by atoms with Crippen LogP contribution in [0.3, 0.4) is 0 Å². The van der Waals surface area contributed by atoms with Gasteiger partial charge in [0.1, 0.15) is 0 Å². The predicted molar refractivity (Wildman–Crippen MR) is 91.9 cm³/mol. The summed E-state index contributed by atoms with van der Waals surface area (Å²) in [6.45, 7) is 6.38. The average Bonchev–Trinajstić information content (AvgIpc) is 2.99. The normalized spacial score (nSPS) is 16.7. The van der Waals surface area contributed by atoms with E-state index in [1.165, 1.54) is 0 Å². The fourth-order valence-corrected chi connectivity index (χ4v) is 2.99. The fourth-order valence-electron chi connectivity index (χ4n) is 2.99. The zero-order valence-corrected chi connectivity index (χ0v) is 14.9. The van der Waals surface area contributed by atoms with Crippen LogP contribution in [-0.4, -0.2) is 29.9 Å². The van der Waals surface area contributed by atoms with Crippen LogP contribution in [0.1, 0.15) is 65.7 Å². The van der Waals surface area contributed by atoms with Gasteiger partial charge in [-0.2, -0.15) is 0 Å². The Morgan fingerprint density at radius 1 is 1.23 bits per heavy atom. The van der Waals surface area contributed by atoms with Crippen LogP contribution in [-0.2, 0) is 9.59 Å². The van der Waals surface area contributed by atoms with Gasteiger partial charge in [0.05, 0.1) is 5.54 Å². The molecule has 1 rings (SSSR count). The third-order valence-electron chi connectivity index (χ3n) is 4.76. The number of hydrogen-bond donors (Lipinski definition) is 3. The van der Waals surface area contributed by atoms with Crippen molar-refractivity contribution in [2.24, 2.45) is 11.7 Å². The molecule has 0 bridgehead atoms. The molecule has 0 heterocycles. The molecule has 0 saturated heterocycles. The van der Waals surface area contributed by atoms with Gasteiger partial charge in [-0.1, -0.05) is 26.7 Å². The Morgan fingerprint density at radius 3 is 2.23 bits per heavy atom. The standard InChI is InChI=1S/C16H31N3O2.ClH/c1-4-16(5-2,11-17)19-14(20)10-12(3)18-15(21)13-8-6-7-9-13;/h12-13H,4-11,17H2,1-3H3,(H,18,21)(H,19,20);1H. The Bertz CT molecular complexity index is 345. The van der Waals surface area contributed by atoms with Gasteiger partial charge in [0, 0.05) is 24.9 Å². The molecule has 6 heteroatoms. The van der Waals surface area contributed by atoms with Gasteiger partial charge in [-0.15, -0.1) is 12.4 Å². The first-order valence-corrected chi connectivity index (χ1v) is 8.27. The summed E-state index contributed by atoms with van der Waals surface area (Å²) >= 11 is 0. The van der Waals surface area contributed by atoms with E-state index in [0.29, 0.717) is 13.0 Å². The highest BCUT2D eigenvalue weighted by atomic mass is 35.5. The maximum Gasteiger partial charge on any atom is 0.223 e. The van der Waals surface area contributed by atoms with Gasteiger partial charge in [-0.3, -0.25) is 9.59 Å². The van der Waals surface area contributed by atoms with Crippen LogP contribution >= 0.6 is 12.4 Å². The molecule has 0 aliphatic heterocycles. The van der Waals surface area contributed by atoms with E-state index in [0.717, 1.165) is 38.5 Å². The maximum absolute atomic E-state index is 12.1. The SMILES string of the molecule is CCC(CC)(CN)NC(=O)CC(C)NC(=O)C1CCCC1.Cl. The summed E-state index contributed by atoms with van der Waals surface area (Å²) < 4.78 is 0. The smallest absolute Gasteiger partial charge is 0.223 e. The second kappa shape index (κ2) is 10.1. The molecule has 0 aromatic carbocycles. The summed E-state index contributed by atoms with van der Waals surface area (Å²) in [5.74, 6) is 0.206. The van der Waals surface area contributed by atoms with E-state index in [9.17, 15) is 9.59 Å². The molecular formula is C16H32ClN3O2. The average molecular weight is 334 g/mol. The van der Waals surface area contributed by atoms with Gasteiger partial charge in [0.25, 0.3) is 0 Å². The predicted octanol–water partition coefficient (Wildman–Crippen LogP) is 2.13. The molecule has 0 aromatic heterocycles. The van der Waals surface area contributed by atoms with E-state index >= 15 is 0 Å². The third-order valence-corrected chi connectivity index (χ3v) is 4.76. The minimum Gasteiger partial charge on any atom is -0.353 e. The largest absolute Gasteiger partial charge is 0.353 e. The van der Waals surface area contributed by atoms with Crippen LogP contribution in [0, 0.1) is 5.92 Å². The monoisotopic (exact) mass is 333 g/mol. The molecule has 1 aliphatic rings.